The van der Waals surface area contributed by atoms with Gasteiger partial charge in [0.25, 0.3) is 11.4 Å². The first-order valence-electron chi connectivity index (χ1n) is 1.07. The van der Waals surface area contributed by atoms with Crippen LogP contribution in [0.1, 0.15) is 0 Å². The van der Waals surface area contributed by atoms with Gasteiger partial charge in [0.2, 0.25) is 0 Å². The van der Waals surface area contributed by atoms with Gasteiger partial charge in [-0.15, -0.1) is 23.2 Å². The van der Waals surface area contributed by atoms with Crippen LogP contribution >= 0.6 is 23.2 Å². The Bertz CT molecular complexity index is 44.2. The molecule has 0 aliphatic carbocycles. The lowest BCUT2D eigenvalue weighted by Crippen LogP contribution is -1.74. The first-order chi connectivity index (χ1) is 3.15. The molecule has 0 rings (SSSR count). The second kappa shape index (κ2) is 9.82. The zero-order valence-corrected chi connectivity index (χ0v) is 5.50. The summed E-state index contributed by atoms with van der Waals surface area (Å²) in [6, 6.07) is 0. The molecule has 0 spiro atoms. The molecule has 0 aromatic heterocycles. The van der Waals surface area contributed by atoms with Crippen LogP contribution in [-0.4, -0.2) is 18.7 Å². The van der Waals surface area contributed by atoms with E-state index in [2.05, 4.69) is 0 Å². The first kappa shape index (κ1) is 10.6. The maximum Gasteiger partial charge on any atom is 0.299 e. The SMILES string of the molecule is ClCCl.O=S(O)O. The third-order valence-electron chi connectivity index (χ3n) is 0. The Labute approximate surface area is 53.7 Å². The van der Waals surface area contributed by atoms with Crippen molar-refractivity contribution in [2.75, 3.05) is 5.34 Å². The van der Waals surface area contributed by atoms with Crippen LogP contribution in [0.15, 0.2) is 0 Å². The fourth-order valence-electron chi connectivity index (χ4n) is 0. The standard InChI is InChI=1S/CH2Cl2.H2O3S/c2-1-3;1-4(2)3/h1H2;(H2,1,2,3). The summed E-state index contributed by atoms with van der Waals surface area (Å²) in [7, 11) is 0. The fourth-order valence-corrected chi connectivity index (χ4v) is 0. The molecule has 0 heterocycles. The molecule has 0 fully saturated rings. The second-order valence-electron chi connectivity index (χ2n) is 0.332. The summed E-state index contributed by atoms with van der Waals surface area (Å²) in [6.45, 7) is 0. The van der Waals surface area contributed by atoms with Crippen LogP contribution in [-0.2, 0) is 11.4 Å². The predicted molar refractivity (Wildman–Crippen MR) is 30.0 cm³/mol. The van der Waals surface area contributed by atoms with Crippen LogP contribution in [0, 0.1) is 0 Å². The van der Waals surface area contributed by atoms with E-state index in [1.54, 1.807) is 0 Å². The van der Waals surface area contributed by atoms with Gasteiger partial charge < -0.3 is 0 Å². The van der Waals surface area contributed by atoms with Gasteiger partial charge in [-0.05, 0) is 0 Å². The monoisotopic (exact) mass is 166 g/mol. The van der Waals surface area contributed by atoms with Crippen LogP contribution in [0.3, 0.4) is 0 Å². The highest BCUT2D eigenvalue weighted by atomic mass is 35.5. The second-order valence-corrected chi connectivity index (χ2v) is 1.60. The van der Waals surface area contributed by atoms with E-state index in [1.807, 2.05) is 0 Å². The van der Waals surface area contributed by atoms with Crippen LogP contribution < -0.4 is 0 Å². The molecule has 0 aromatic carbocycles. The van der Waals surface area contributed by atoms with Crippen molar-refractivity contribution in [1.82, 2.24) is 0 Å². The van der Waals surface area contributed by atoms with Crippen molar-refractivity contribution in [2.24, 2.45) is 0 Å². The minimum atomic E-state index is -2.61. The maximum absolute atomic E-state index is 8.67. The number of hydrogen-bond donors (Lipinski definition) is 2. The quantitative estimate of drug-likeness (QED) is 0.419. The van der Waals surface area contributed by atoms with E-state index in [-0.39, 0.29) is 5.34 Å². The van der Waals surface area contributed by atoms with Gasteiger partial charge >= 0.3 is 0 Å². The summed E-state index contributed by atoms with van der Waals surface area (Å²) in [5, 5.41) is 0.194. The van der Waals surface area contributed by atoms with Crippen LogP contribution in [0.2, 0.25) is 0 Å². The highest BCUT2D eigenvalue weighted by Crippen LogP contribution is 1.73. The predicted octanol–water partition coefficient (Wildman–Crippen LogP) is 1.10. The average molecular weight is 167 g/mol. The molecular formula is CH4Cl2O3S. The fraction of sp³-hybridized carbons (Fsp3) is 1.00. The number of alkyl halides is 2. The molecule has 2 N–H and O–H groups in total. The van der Waals surface area contributed by atoms with Gasteiger partial charge in [0.05, 0.1) is 5.34 Å². The average Bonchev–Trinajstić information content (AvgIpc) is 1.33. The Morgan fingerprint density at radius 1 is 1.43 bits per heavy atom. The Hall–Kier alpha value is 0.650. The van der Waals surface area contributed by atoms with Crippen molar-refractivity contribution >= 4 is 34.6 Å². The minimum Gasteiger partial charge on any atom is -0.284 e. The minimum absolute atomic E-state index is 0.194. The van der Waals surface area contributed by atoms with Crippen molar-refractivity contribution in [3.63, 3.8) is 0 Å². The molecule has 0 saturated heterocycles. The lowest BCUT2D eigenvalue weighted by atomic mass is 11.9. The maximum atomic E-state index is 8.67. The third-order valence-corrected chi connectivity index (χ3v) is 0. The topological polar surface area (TPSA) is 57.5 Å². The van der Waals surface area contributed by atoms with Gasteiger partial charge in [-0.2, -0.15) is 4.21 Å². The summed E-state index contributed by atoms with van der Waals surface area (Å²) in [5.41, 5.74) is 0. The number of rotatable bonds is 0. The molecule has 0 aliphatic rings. The van der Waals surface area contributed by atoms with Crippen LogP contribution in [0.25, 0.3) is 0 Å². The summed E-state index contributed by atoms with van der Waals surface area (Å²) in [5.74, 6) is 0. The van der Waals surface area contributed by atoms with Gasteiger partial charge in [0.1, 0.15) is 0 Å². The summed E-state index contributed by atoms with van der Waals surface area (Å²) in [6.07, 6.45) is 0. The van der Waals surface area contributed by atoms with E-state index in [4.69, 9.17) is 36.5 Å². The van der Waals surface area contributed by atoms with Gasteiger partial charge in [-0.3, -0.25) is 9.11 Å². The molecule has 0 saturated carbocycles. The van der Waals surface area contributed by atoms with Crippen molar-refractivity contribution < 1.29 is 13.3 Å². The number of halogens is 2. The first-order valence-corrected chi connectivity index (χ1v) is 3.20. The highest BCUT2D eigenvalue weighted by Gasteiger charge is 1.62. The van der Waals surface area contributed by atoms with Crippen LogP contribution in [0.4, 0.5) is 0 Å². The zero-order valence-electron chi connectivity index (χ0n) is 3.17. The molecule has 6 heteroatoms. The van der Waals surface area contributed by atoms with Crippen LogP contribution in [0.5, 0.6) is 0 Å². The zero-order chi connectivity index (χ0) is 6.28. The number of hydrogen-bond acceptors (Lipinski definition) is 1. The van der Waals surface area contributed by atoms with E-state index in [0.717, 1.165) is 0 Å². The third kappa shape index (κ3) is 340. The Balaban J connectivity index is 0. The molecule has 0 unspecified atom stereocenters. The molecule has 0 amide bonds. The van der Waals surface area contributed by atoms with Gasteiger partial charge in [-0.1, -0.05) is 0 Å². The van der Waals surface area contributed by atoms with Gasteiger partial charge in [-0.25, -0.2) is 0 Å². The molecule has 0 atom stereocenters. The highest BCUT2D eigenvalue weighted by molar-refractivity contribution is 7.73. The Kier molecular flexibility index (Phi) is 14.9. The van der Waals surface area contributed by atoms with Crippen molar-refractivity contribution in [2.45, 2.75) is 0 Å². The molecular weight excluding hydrogens is 163 g/mol. The van der Waals surface area contributed by atoms with E-state index in [9.17, 15) is 0 Å². The van der Waals surface area contributed by atoms with Crippen molar-refractivity contribution in [3.05, 3.63) is 0 Å². The lowest BCUT2D eigenvalue weighted by Gasteiger charge is -1.59. The van der Waals surface area contributed by atoms with E-state index < -0.39 is 11.4 Å². The van der Waals surface area contributed by atoms with Crippen molar-refractivity contribution in [1.29, 1.82) is 0 Å². The van der Waals surface area contributed by atoms with Crippen molar-refractivity contribution in [3.8, 4) is 0 Å². The lowest BCUT2D eigenvalue weighted by molar-refractivity contribution is 0.454. The Morgan fingerprint density at radius 2 is 1.43 bits per heavy atom. The molecule has 7 heavy (non-hydrogen) atoms. The van der Waals surface area contributed by atoms with Gasteiger partial charge in [0, 0.05) is 0 Å². The molecule has 46 valence electrons. The summed E-state index contributed by atoms with van der Waals surface area (Å²) in [4.78, 5) is 0. The van der Waals surface area contributed by atoms with E-state index in [1.165, 1.54) is 0 Å². The molecule has 0 aliphatic heterocycles. The normalized spacial score (nSPS) is 7.57. The van der Waals surface area contributed by atoms with Gasteiger partial charge in [0.15, 0.2) is 0 Å². The molecule has 3 nitrogen and oxygen atoms in total. The smallest absolute Gasteiger partial charge is 0.284 e. The Morgan fingerprint density at radius 3 is 1.43 bits per heavy atom. The summed E-state index contributed by atoms with van der Waals surface area (Å²) >= 11 is 6.92. The largest absolute Gasteiger partial charge is 0.299 e. The van der Waals surface area contributed by atoms with E-state index >= 15 is 0 Å². The summed E-state index contributed by atoms with van der Waals surface area (Å²) < 4.78 is 22.8. The molecule has 0 aromatic rings. The molecule has 0 radical (unpaired) electrons. The molecule has 0 bridgehead atoms. The van der Waals surface area contributed by atoms with E-state index in [0.29, 0.717) is 0 Å².